The summed E-state index contributed by atoms with van der Waals surface area (Å²) in [5.74, 6) is 0.622. The first-order valence-corrected chi connectivity index (χ1v) is 6.14. The number of urea groups is 1. The summed E-state index contributed by atoms with van der Waals surface area (Å²) in [6, 6.07) is 0.434. The summed E-state index contributed by atoms with van der Waals surface area (Å²) in [6.45, 7) is 4.56. The third-order valence-corrected chi connectivity index (χ3v) is 3.64. The van der Waals surface area contributed by atoms with E-state index >= 15 is 0 Å². The molecule has 2 saturated heterocycles. The summed E-state index contributed by atoms with van der Waals surface area (Å²) >= 11 is 0. The van der Waals surface area contributed by atoms with Gasteiger partial charge in [0.15, 0.2) is 0 Å². The molecule has 2 rings (SSSR count). The minimum Gasteiger partial charge on any atom is -0.333 e. The number of carbonyl (C=O) groups is 1. The molecule has 0 aromatic heterocycles. The van der Waals surface area contributed by atoms with Crippen molar-refractivity contribution < 1.29 is 4.79 Å². The lowest BCUT2D eigenvalue weighted by Crippen LogP contribution is -2.35. The van der Waals surface area contributed by atoms with Crippen molar-refractivity contribution in [2.75, 3.05) is 39.8 Å². The van der Waals surface area contributed by atoms with Crippen LogP contribution in [0.5, 0.6) is 0 Å². The molecule has 5 heteroatoms. The summed E-state index contributed by atoms with van der Waals surface area (Å²) in [7, 11) is 2.14. The van der Waals surface area contributed by atoms with Gasteiger partial charge in [0.1, 0.15) is 0 Å². The second kappa shape index (κ2) is 5.01. The number of amides is 2. The normalized spacial score (nSPS) is 31.1. The van der Waals surface area contributed by atoms with Gasteiger partial charge in [0.2, 0.25) is 0 Å². The van der Waals surface area contributed by atoms with Crippen LogP contribution in [0.2, 0.25) is 0 Å². The molecule has 0 aliphatic carbocycles. The standard InChI is InChI=1S/C11H22N4O/c1-14-6-3-9(7-14)10-8-15(5-2-4-12)11(16)13-10/h9-10H,2-8,12H2,1H3,(H,13,16). The van der Waals surface area contributed by atoms with Crippen LogP contribution in [0.15, 0.2) is 0 Å². The van der Waals surface area contributed by atoms with Crippen molar-refractivity contribution >= 4 is 6.03 Å². The summed E-state index contributed by atoms with van der Waals surface area (Å²) < 4.78 is 0. The third kappa shape index (κ3) is 2.47. The molecule has 92 valence electrons. The van der Waals surface area contributed by atoms with Crippen LogP contribution >= 0.6 is 0 Å². The monoisotopic (exact) mass is 226 g/mol. The van der Waals surface area contributed by atoms with Crippen LogP contribution in [0.1, 0.15) is 12.8 Å². The maximum atomic E-state index is 11.7. The van der Waals surface area contributed by atoms with E-state index in [1.165, 1.54) is 6.42 Å². The van der Waals surface area contributed by atoms with Gasteiger partial charge in [-0.3, -0.25) is 0 Å². The molecule has 0 spiro atoms. The van der Waals surface area contributed by atoms with Crippen molar-refractivity contribution in [2.45, 2.75) is 18.9 Å². The van der Waals surface area contributed by atoms with Gasteiger partial charge in [0.05, 0.1) is 6.04 Å². The average Bonchev–Trinajstić information content (AvgIpc) is 2.82. The number of nitrogens with one attached hydrogen (secondary N) is 1. The van der Waals surface area contributed by atoms with Gasteiger partial charge in [0.25, 0.3) is 0 Å². The number of hydrogen-bond donors (Lipinski definition) is 2. The fourth-order valence-electron chi connectivity index (χ4n) is 2.66. The number of hydrogen-bond acceptors (Lipinski definition) is 3. The molecule has 2 aliphatic rings. The number of carbonyl (C=O) groups excluding carboxylic acids is 1. The molecule has 0 radical (unpaired) electrons. The van der Waals surface area contributed by atoms with Crippen LogP contribution < -0.4 is 11.1 Å². The van der Waals surface area contributed by atoms with E-state index < -0.39 is 0 Å². The van der Waals surface area contributed by atoms with Crippen LogP contribution in [0.3, 0.4) is 0 Å². The molecular formula is C11H22N4O. The van der Waals surface area contributed by atoms with E-state index in [-0.39, 0.29) is 6.03 Å². The number of rotatable bonds is 4. The second-order valence-corrected chi connectivity index (χ2v) is 4.96. The van der Waals surface area contributed by atoms with Crippen LogP contribution in [0.25, 0.3) is 0 Å². The molecule has 3 N–H and O–H groups in total. The quantitative estimate of drug-likeness (QED) is 0.690. The molecule has 5 nitrogen and oxygen atoms in total. The Morgan fingerprint density at radius 1 is 1.50 bits per heavy atom. The van der Waals surface area contributed by atoms with Crippen molar-refractivity contribution in [3.63, 3.8) is 0 Å². The summed E-state index contributed by atoms with van der Waals surface area (Å²) in [4.78, 5) is 15.9. The minimum atomic E-state index is 0.0907. The summed E-state index contributed by atoms with van der Waals surface area (Å²) in [5, 5.41) is 3.09. The Kier molecular flexibility index (Phi) is 3.66. The highest BCUT2D eigenvalue weighted by Gasteiger charge is 2.36. The Morgan fingerprint density at radius 3 is 2.94 bits per heavy atom. The molecule has 2 fully saturated rings. The van der Waals surface area contributed by atoms with Crippen molar-refractivity contribution in [2.24, 2.45) is 11.7 Å². The van der Waals surface area contributed by atoms with E-state index in [4.69, 9.17) is 5.73 Å². The second-order valence-electron chi connectivity index (χ2n) is 4.96. The third-order valence-electron chi connectivity index (χ3n) is 3.64. The largest absolute Gasteiger partial charge is 0.333 e. The van der Waals surface area contributed by atoms with Gasteiger partial charge in [-0.25, -0.2) is 4.79 Å². The summed E-state index contributed by atoms with van der Waals surface area (Å²) in [6.07, 6.45) is 2.09. The van der Waals surface area contributed by atoms with Crippen molar-refractivity contribution in [3.05, 3.63) is 0 Å². The van der Waals surface area contributed by atoms with Gasteiger partial charge in [-0.2, -0.15) is 0 Å². The predicted molar refractivity (Wildman–Crippen MR) is 63.2 cm³/mol. The number of likely N-dealkylation sites (tertiary alicyclic amines) is 1. The Hall–Kier alpha value is -0.810. The maximum Gasteiger partial charge on any atom is 0.317 e. The van der Waals surface area contributed by atoms with Crippen molar-refractivity contribution in [1.82, 2.24) is 15.1 Å². The zero-order valence-corrected chi connectivity index (χ0v) is 9.98. The van der Waals surface area contributed by atoms with E-state index in [2.05, 4.69) is 17.3 Å². The van der Waals surface area contributed by atoms with Crippen LogP contribution in [0, 0.1) is 5.92 Å². The van der Waals surface area contributed by atoms with Gasteiger partial charge in [-0.05, 0) is 38.9 Å². The first-order valence-electron chi connectivity index (χ1n) is 6.14. The molecule has 0 aromatic carbocycles. The minimum absolute atomic E-state index is 0.0907. The highest BCUT2D eigenvalue weighted by Crippen LogP contribution is 2.22. The summed E-state index contributed by atoms with van der Waals surface area (Å²) in [5.41, 5.74) is 5.46. The van der Waals surface area contributed by atoms with Gasteiger partial charge >= 0.3 is 6.03 Å². The Labute approximate surface area is 96.9 Å². The maximum absolute atomic E-state index is 11.7. The van der Waals surface area contributed by atoms with E-state index in [9.17, 15) is 4.79 Å². The molecule has 2 unspecified atom stereocenters. The van der Waals surface area contributed by atoms with Gasteiger partial charge < -0.3 is 20.9 Å². The van der Waals surface area contributed by atoms with Gasteiger partial charge in [0, 0.05) is 19.6 Å². The van der Waals surface area contributed by atoms with Gasteiger partial charge in [-0.1, -0.05) is 0 Å². The van der Waals surface area contributed by atoms with Crippen molar-refractivity contribution in [1.29, 1.82) is 0 Å². The fraction of sp³-hybridized carbons (Fsp3) is 0.909. The molecule has 2 heterocycles. The molecule has 0 saturated carbocycles. The van der Waals surface area contributed by atoms with E-state index in [0.29, 0.717) is 18.5 Å². The SMILES string of the molecule is CN1CCC(C2CN(CCCN)C(=O)N2)C1. The highest BCUT2D eigenvalue weighted by molar-refractivity contribution is 5.76. The predicted octanol–water partition coefficient (Wildman–Crippen LogP) is -0.319. The highest BCUT2D eigenvalue weighted by atomic mass is 16.2. The van der Waals surface area contributed by atoms with E-state index in [1.54, 1.807) is 0 Å². The molecule has 16 heavy (non-hydrogen) atoms. The van der Waals surface area contributed by atoms with Crippen LogP contribution in [-0.2, 0) is 0 Å². The molecule has 2 atom stereocenters. The Morgan fingerprint density at radius 2 is 2.31 bits per heavy atom. The first-order chi connectivity index (χ1) is 7.70. The lowest BCUT2D eigenvalue weighted by Gasteiger charge is -2.18. The topological polar surface area (TPSA) is 61.6 Å². The fourth-order valence-corrected chi connectivity index (χ4v) is 2.66. The van der Waals surface area contributed by atoms with Crippen LogP contribution in [0.4, 0.5) is 4.79 Å². The lowest BCUT2D eigenvalue weighted by molar-refractivity contribution is 0.217. The Balaban J connectivity index is 1.83. The first kappa shape index (κ1) is 11.7. The van der Waals surface area contributed by atoms with E-state index in [1.807, 2.05) is 4.90 Å². The molecule has 2 aliphatic heterocycles. The van der Waals surface area contributed by atoms with E-state index in [0.717, 1.165) is 32.6 Å². The van der Waals surface area contributed by atoms with Crippen LogP contribution in [-0.4, -0.2) is 61.6 Å². The zero-order valence-electron chi connectivity index (χ0n) is 9.98. The smallest absolute Gasteiger partial charge is 0.317 e. The molecular weight excluding hydrogens is 204 g/mol. The van der Waals surface area contributed by atoms with Gasteiger partial charge in [-0.15, -0.1) is 0 Å². The van der Waals surface area contributed by atoms with Crippen molar-refractivity contribution in [3.8, 4) is 0 Å². The number of nitrogens with two attached hydrogens (primary N) is 1. The molecule has 0 aromatic rings. The number of nitrogens with zero attached hydrogens (tertiary/aromatic N) is 2. The zero-order chi connectivity index (χ0) is 11.5. The Bertz CT molecular complexity index is 258. The molecule has 0 bridgehead atoms. The average molecular weight is 226 g/mol. The lowest BCUT2D eigenvalue weighted by atomic mass is 10.00. The molecule has 2 amide bonds.